The summed E-state index contributed by atoms with van der Waals surface area (Å²) in [5.74, 6) is 0.447. The predicted octanol–water partition coefficient (Wildman–Crippen LogP) is 4.12. The fourth-order valence-corrected chi connectivity index (χ4v) is 2.24. The monoisotopic (exact) mass is 244 g/mol. The molecule has 18 heavy (non-hydrogen) atoms. The Balaban J connectivity index is 2.57. The van der Waals surface area contributed by atoms with Gasteiger partial charge in [-0.05, 0) is 34.6 Å². The maximum absolute atomic E-state index is 6.29. The lowest BCUT2D eigenvalue weighted by Crippen LogP contribution is -2.16. The van der Waals surface area contributed by atoms with Crippen LogP contribution >= 0.6 is 0 Å². The molecule has 1 unspecified atom stereocenters. The summed E-state index contributed by atoms with van der Waals surface area (Å²) in [5, 5.41) is 1.27. The van der Waals surface area contributed by atoms with Crippen LogP contribution in [0.1, 0.15) is 51.8 Å². The summed E-state index contributed by atoms with van der Waals surface area (Å²) < 4.78 is 0. The molecule has 1 aromatic carbocycles. The fourth-order valence-electron chi connectivity index (χ4n) is 2.24. The minimum absolute atomic E-state index is 0.0916. The molecule has 0 spiro atoms. The predicted molar refractivity (Wildman–Crippen MR) is 78.8 cm³/mol. The quantitative estimate of drug-likeness (QED) is 0.819. The number of nitrogens with two attached hydrogens (primary N) is 1. The lowest BCUT2D eigenvalue weighted by atomic mass is 9.85. The van der Waals surface area contributed by atoms with Crippen molar-refractivity contribution < 1.29 is 0 Å². The summed E-state index contributed by atoms with van der Waals surface area (Å²) in [4.78, 5) is 3.32. The molecule has 2 rings (SSSR count). The largest absolute Gasteiger partial charge is 0.361 e. The molecule has 0 aliphatic heterocycles. The third-order valence-corrected chi connectivity index (χ3v) is 3.66. The molecular weight excluding hydrogens is 220 g/mol. The average molecular weight is 244 g/mol. The lowest BCUT2D eigenvalue weighted by Gasteiger charge is -2.20. The van der Waals surface area contributed by atoms with E-state index in [1.54, 1.807) is 0 Å². The molecule has 2 aromatic rings. The Labute approximate surface area is 110 Å². The minimum Gasteiger partial charge on any atom is -0.361 e. The number of hydrogen-bond acceptors (Lipinski definition) is 1. The van der Waals surface area contributed by atoms with Gasteiger partial charge >= 0.3 is 0 Å². The van der Waals surface area contributed by atoms with E-state index in [9.17, 15) is 0 Å². The molecule has 0 saturated heterocycles. The van der Waals surface area contributed by atoms with Gasteiger partial charge in [0.15, 0.2) is 0 Å². The first kappa shape index (κ1) is 13.2. The van der Waals surface area contributed by atoms with Crippen LogP contribution in [0.15, 0.2) is 24.4 Å². The number of hydrogen-bond donors (Lipinski definition) is 2. The number of benzene rings is 1. The van der Waals surface area contributed by atoms with Crippen molar-refractivity contribution in [3.05, 3.63) is 35.5 Å². The highest BCUT2D eigenvalue weighted by Crippen LogP contribution is 2.31. The second kappa shape index (κ2) is 4.43. The maximum atomic E-state index is 6.29. The molecule has 0 aliphatic rings. The molecule has 0 saturated carbocycles. The number of fused-ring (bicyclic) bond motifs is 1. The molecule has 2 heteroatoms. The van der Waals surface area contributed by atoms with E-state index in [2.05, 4.69) is 64.0 Å². The summed E-state index contributed by atoms with van der Waals surface area (Å²) in [5.41, 5.74) is 10.2. The van der Waals surface area contributed by atoms with Crippen molar-refractivity contribution in [3.63, 3.8) is 0 Å². The van der Waals surface area contributed by atoms with Crippen LogP contribution in [0, 0.1) is 5.92 Å². The van der Waals surface area contributed by atoms with Crippen molar-refractivity contribution in [1.82, 2.24) is 4.98 Å². The standard InChI is InChI=1S/C16H24N2/c1-10(2)15(17)13-9-18-14-7-6-11(8-12(13)14)16(3,4)5/h6-10,15,18H,17H2,1-5H3. The molecule has 1 aromatic heterocycles. The third-order valence-electron chi connectivity index (χ3n) is 3.66. The minimum atomic E-state index is 0.0916. The van der Waals surface area contributed by atoms with Crippen molar-refractivity contribution in [2.24, 2.45) is 11.7 Å². The van der Waals surface area contributed by atoms with Crippen molar-refractivity contribution in [3.8, 4) is 0 Å². The van der Waals surface area contributed by atoms with E-state index < -0.39 is 0 Å². The second-order valence-corrected chi connectivity index (χ2v) is 6.52. The van der Waals surface area contributed by atoms with Crippen LogP contribution in [0.25, 0.3) is 10.9 Å². The van der Waals surface area contributed by atoms with E-state index in [4.69, 9.17) is 5.73 Å². The van der Waals surface area contributed by atoms with Gasteiger partial charge in [-0.25, -0.2) is 0 Å². The van der Waals surface area contributed by atoms with Crippen molar-refractivity contribution in [2.45, 2.75) is 46.1 Å². The number of aromatic nitrogens is 1. The van der Waals surface area contributed by atoms with E-state index >= 15 is 0 Å². The van der Waals surface area contributed by atoms with E-state index in [1.807, 2.05) is 0 Å². The Morgan fingerprint density at radius 1 is 1.17 bits per heavy atom. The van der Waals surface area contributed by atoms with Gasteiger partial charge in [-0.1, -0.05) is 40.7 Å². The van der Waals surface area contributed by atoms with E-state index in [1.165, 1.54) is 22.0 Å². The van der Waals surface area contributed by atoms with Crippen LogP contribution in [0.3, 0.4) is 0 Å². The lowest BCUT2D eigenvalue weighted by molar-refractivity contribution is 0.517. The van der Waals surface area contributed by atoms with Crippen LogP contribution in [0.5, 0.6) is 0 Å². The summed E-state index contributed by atoms with van der Waals surface area (Å²) in [6, 6.07) is 6.73. The average Bonchev–Trinajstić information content (AvgIpc) is 2.69. The molecule has 0 aliphatic carbocycles. The topological polar surface area (TPSA) is 41.8 Å². The molecule has 98 valence electrons. The van der Waals surface area contributed by atoms with Gasteiger partial charge in [0.25, 0.3) is 0 Å². The highest BCUT2D eigenvalue weighted by Gasteiger charge is 2.18. The molecule has 0 radical (unpaired) electrons. The molecule has 2 nitrogen and oxygen atoms in total. The van der Waals surface area contributed by atoms with Gasteiger partial charge in [0.1, 0.15) is 0 Å². The number of H-pyrrole nitrogens is 1. The Morgan fingerprint density at radius 2 is 1.83 bits per heavy atom. The Morgan fingerprint density at radius 3 is 2.39 bits per heavy atom. The molecule has 1 heterocycles. The van der Waals surface area contributed by atoms with E-state index in [0.717, 1.165) is 0 Å². The first-order valence-corrected chi connectivity index (χ1v) is 6.68. The SMILES string of the molecule is CC(C)C(N)c1c[nH]c2ccc(C(C)(C)C)cc12. The Hall–Kier alpha value is -1.28. The fraction of sp³-hybridized carbons (Fsp3) is 0.500. The Kier molecular flexibility index (Phi) is 3.24. The van der Waals surface area contributed by atoms with Crippen LogP contribution in [0.2, 0.25) is 0 Å². The summed E-state index contributed by atoms with van der Waals surface area (Å²) >= 11 is 0. The van der Waals surface area contributed by atoms with Gasteiger partial charge in [0, 0.05) is 23.1 Å². The summed E-state index contributed by atoms with van der Waals surface area (Å²) in [7, 11) is 0. The summed E-state index contributed by atoms with van der Waals surface area (Å²) in [6.07, 6.45) is 2.06. The number of rotatable bonds is 2. The molecule has 1 atom stereocenters. The Bertz CT molecular complexity index is 544. The molecular formula is C16H24N2. The highest BCUT2D eigenvalue weighted by atomic mass is 14.7. The van der Waals surface area contributed by atoms with Gasteiger partial charge < -0.3 is 10.7 Å². The molecule has 0 fully saturated rings. The summed E-state index contributed by atoms with van der Waals surface area (Å²) in [6.45, 7) is 11.0. The second-order valence-electron chi connectivity index (χ2n) is 6.52. The van der Waals surface area contributed by atoms with E-state index in [-0.39, 0.29) is 11.5 Å². The van der Waals surface area contributed by atoms with Crippen molar-refractivity contribution in [1.29, 1.82) is 0 Å². The maximum Gasteiger partial charge on any atom is 0.0457 e. The zero-order valence-corrected chi connectivity index (χ0v) is 12.0. The number of aromatic amines is 1. The molecule has 0 bridgehead atoms. The molecule has 3 N–H and O–H groups in total. The third kappa shape index (κ3) is 2.30. The molecule has 0 amide bonds. The van der Waals surface area contributed by atoms with Crippen molar-refractivity contribution >= 4 is 10.9 Å². The number of nitrogens with one attached hydrogen (secondary N) is 1. The van der Waals surface area contributed by atoms with Gasteiger partial charge in [-0.15, -0.1) is 0 Å². The first-order chi connectivity index (χ1) is 8.30. The van der Waals surface area contributed by atoms with Crippen LogP contribution < -0.4 is 5.73 Å². The van der Waals surface area contributed by atoms with Crippen molar-refractivity contribution in [2.75, 3.05) is 0 Å². The highest BCUT2D eigenvalue weighted by molar-refractivity contribution is 5.84. The first-order valence-electron chi connectivity index (χ1n) is 6.68. The van der Waals surface area contributed by atoms with Crippen LogP contribution in [-0.2, 0) is 5.41 Å². The zero-order chi connectivity index (χ0) is 13.5. The van der Waals surface area contributed by atoms with Gasteiger partial charge in [-0.3, -0.25) is 0 Å². The van der Waals surface area contributed by atoms with Gasteiger partial charge in [-0.2, -0.15) is 0 Å². The zero-order valence-electron chi connectivity index (χ0n) is 12.0. The normalized spacial score (nSPS) is 14.4. The van der Waals surface area contributed by atoms with Crippen LogP contribution in [-0.4, -0.2) is 4.98 Å². The van der Waals surface area contributed by atoms with E-state index in [0.29, 0.717) is 5.92 Å². The van der Waals surface area contributed by atoms with Gasteiger partial charge in [0.2, 0.25) is 0 Å². The smallest absolute Gasteiger partial charge is 0.0457 e. The van der Waals surface area contributed by atoms with Crippen LogP contribution in [0.4, 0.5) is 0 Å². The van der Waals surface area contributed by atoms with Gasteiger partial charge in [0.05, 0.1) is 0 Å².